The molecule has 1 heterocycles. The highest BCUT2D eigenvalue weighted by Gasteiger charge is 2.11. The SMILES string of the molecule is COCCOCc1ccsc1C(=O)NN. The van der Waals surface area contributed by atoms with Crippen LogP contribution in [0.4, 0.5) is 0 Å². The van der Waals surface area contributed by atoms with Gasteiger partial charge in [-0.3, -0.25) is 10.2 Å². The topological polar surface area (TPSA) is 73.6 Å². The minimum Gasteiger partial charge on any atom is -0.382 e. The van der Waals surface area contributed by atoms with Crippen molar-refractivity contribution in [3.63, 3.8) is 0 Å². The number of ether oxygens (including phenoxy) is 2. The fraction of sp³-hybridized carbons (Fsp3) is 0.444. The van der Waals surface area contributed by atoms with E-state index in [0.717, 1.165) is 5.56 Å². The molecule has 84 valence electrons. The molecule has 0 spiro atoms. The van der Waals surface area contributed by atoms with Gasteiger partial charge in [-0.25, -0.2) is 5.84 Å². The number of amides is 1. The first kappa shape index (κ1) is 12.1. The second-order valence-corrected chi connectivity index (χ2v) is 3.71. The molecular weight excluding hydrogens is 216 g/mol. The van der Waals surface area contributed by atoms with Crippen molar-refractivity contribution in [3.8, 4) is 0 Å². The first-order valence-corrected chi connectivity index (χ1v) is 5.31. The lowest BCUT2D eigenvalue weighted by Crippen LogP contribution is -2.30. The van der Waals surface area contributed by atoms with Gasteiger partial charge in [0.15, 0.2) is 0 Å². The van der Waals surface area contributed by atoms with Gasteiger partial charge in [0.1, 0.15) is 0 Å². The molecule has 5 nitrogen and oxygen atoms in total. The van der Waals surface area contributed by atoms with Crippen LogP contribution < -0.4 is 11.3 Å². The standard InChI is InChI=1S/C9H14N2O3S/c1-13-3-4-14-6-7-2-5-15-8(7)9(12)11-10/h2,5H,3-4,6,10H2,1H3,(H,11,12). The van der Waals surface area contributed by atoms with Gasteiger partial charge in [-0.1, -0.05) is 0 Å². The largest absolute Gasteiger partial charge is 0.382 e. The Labute approximate surface area is 92.1 Å². The zero-order valence-corrected chi connectivity index (χ0v) is 9.30. The number of thiophene rings is 1. The molecule has 0 aliphatic carbocycles. The summed E-state index contributed by atoms with van der Waals surface area (Å²) in [5.41, 5.74) is 2.95. The molecule has 0 bridgehead atoms. The maximum Gasteiger partial charge on any atom is 0.275 e. The predicted molar refractivity (Wildman–Crippen MR) is 57.5 cm³/mol. The van der Waals surface area contributed by atoms with Gasteiger partial charge in [-0.05, 0) is 11.4 Å². The van der Waals surface area contributed by atoms with E-state index in [2.05, 4.69) is 5.43 Å². The summed E-state index contributed by atoms with van der Waals surface area (Å²) in [6.07, 6.45) is 0. The number of nitrogens with one attached hydrogen (secondary N) is 1. The highest BCUT2D eigenvalue weighted by molar-refractivity contribution is 7.12. The molecule has 1 amide bonds. The molecule has 0 aliphatic rings. The van der Waals surface area contributed by atoms with Crippen molar-refractivity contribution < 1.29 is 14.3 Å². The number of carbonyl (C=O) groups excluding carboxylic acids is 1. The first-order chi connectivity index (χ1) is 7.29. The molecule has 1 aromatic heterocycles. The van der Waals surface area contributed by atoms with Crippen LogP contribution in [0.5, 0.6) is 0 Å². The van der Waals surface area contributed by atoms with Crippen LogP contribution in [-0.2, 0) is 16.1 Å². The van der Waals surface area contributed by atoms with E-state index in [1.54, 1.807) is 7.11 Å². The third-order valence-electron chi connectivity index (χ3n) is 1.77. The molecule has 0 atom stereocenters. The Kier molecular flexibility index (Phi) is 5.27. The minimum absolute atomic E-state index is 0.282. The summed E-state index contributed by atoms with van der Waals surface area (Å²) in [6.45, 7) is 1.45. The van der Waals surface area contributed by atoms with Gasteiger partial charge in [0.25, 0.3) is 5.91 Å². The van der Waals surface area contributed by atoms with Crippen molar-refractivity contribution in [2.24, 2.45) is 5.84 Å². The number of nitrogen functional groups attached to an aromatic ring is 1. The number of hydrogen-bond acceptors (Lipinski definition) is 5. The van der Waals surface area contributed by atoms with Crippen molar-refractivity contribution in [1.82, 2.24) is 5.43 Å². The highest BCUT2D eigenvalue weighted by Crippen LogP contribution is 2.17. The van der Waals surface area contributed by atoms with Gasteiger partial charge in [0.05, 0.1) is 24.7 Å². The van der Waals surface area contributed by atoms with Crippen LogP contribution in [-0.4, -0.2) is 26.2 Å². The van der Waals surface area contributed by atoms with Crippen molar-refractivity contribution >= 4 is 17.2 Å². The number of hydrazine groups is 1. The molecule has 0 unspecified atom stereocenters. The van der Waals surface area contributed by atoms with E-state index in [0.29, 0.717) is 24.7 Å². The van der Waals surface area contributed by atoms with Gasteiger partial charge >= 0.3 is 0 Å². The fourth-order valence-corrected chi connectivity index (χ4v) is 1.85. The molecule has 0 fully saturated rings. The maximum absolute atomic E-state index is 11.3. The van der Waals surface area contributed by atoms with Crippen LogP contribution in [0.3, 0.4) is 0 Å². The molecule has 0 saturated carbocycles. The summed E-state index contributed by atoms with van der Waals surface area (Å²) in [5.74, 6) is 4.77. The summed E-state index contributed by atoms with van der Waals surface area (Å²) in [7, 11) is 1.61. The molecule has 1 rings (SSSR count). The minimum atomic E-state index is -0.282. The molecule has 0 aromatic carbocycles. The van der Waals surface area contributed by atoms with Crippen LogP contribution in [0.25, 0.3) is 0 Å². The molecule has 0 aliphatic heterocycles. The van der Waals surface area contributed by atoms with Gasteiger partial charge < -0.3 is 9.47 Å². The number of nitrogens with two attached hydrogens (primary N) is 1. The monoisotopic (exact) mass is 230 g/mol. The number of carbonyl (C=O) groups is 1. The second-order valence-electron chi connectivity index (χ2n) is 2.79. The normalized spacial score (nSPS) is 10.3. The lowest BCUT2D eigenvalue weighted by atomic mass is 10.2. The zero-order chi connectivity index (χ0) is 11.1. The van der Waals surface area contributed by atoms with Crippen LogP contribution in [0.15, 0.2) is 11.4 Å². The lowest BCUT2D eigenvalue weighted by molar-refractivity contribution is 0.0612. The van der Waals surface area contributed by atoms with Crippen molar-refractivity contribution in [3.05, 3.63) is 21.9 Å². The molecule has 0 saturated heterocycles. The molecule has 0 radical (unpaired) electrons. The summed E-state index contributed by atoms with van der Waals surface area (Å²) >= 11 is 1.34. The van der Waals surface area contributed by atoms with Crippen LogP contribution in [0.2, 0.25) is 0 Å². The predicted octanol–water partition coefficient (Wildman–Crippen LogP) is 0.515. The Hall–Kier alpha value is -0.950. The summed E-state index contributed by atoms with van der Waals surface area (Å²) < 4.78 is 10.2. The Bertz CT molecular complexity index is 314. The number of methoxy groups -OCH3 is 1. The van der Waals surface area contributed by atoms with Crippen LogP contribution >= 0.6 is 11.3 Å². The Morgan fingerprint density at radius 2 is 2.40 bits per heavy atom. The molecule has 6 heteroatoms. The van der Waals surface area contributed by atoms with Gasteiger partial charge in [-0.15, -0.1) is 11.3 Å². The van der Waals surface area contributed by atoms with Crippen LogP contribution in [0.1, 0.15) is 15.2 Å². The Morgan fingerprint density at radius 3 is 3.07 bits per heavy atom. The summed E-state index contributed by atoms with van der Waals surface area (Å²) in [4.78, 5) is 11.9. The van der Waals surface area contributed by atoms with Crippen molar-refractivity contribution in [2.75, 3.05) is 20.3 Å². The molecule has 1 aromatic rings. The molecule has 3 N–H and O–H groups in total. The van der Waals surface area contributed by atoms with E-state index >= 15 is 0 Å². The number of hydrogen-bond donors (Lipinski definition) is 2. The van der Waals surface area contributed by atoms with E-state index in [4.69, 9.17) is 15.3 Å². The third-order valence-corrected chi connectivity index (χ3v) is 2.73. The fourth-order valence-electron chi connectivity index (χ4n) is 1.04. The average Bonchev–Trinajstić information content (AvgIpc) is 2.71. The lowest BCUT2D eigenvalue weighted by Gasteiger charge is -2.04. The van der Waals surface area contributed by atoms with Crippen molar-refractivity contribution in [2.45, 2.75) is 6.61 Å². The maximum atomic E-state index is 11.3. The molecular formula is C9H14N2O3S. The first-order valence-electron chi connectivity index (χ1n) is 4.43. The van der Waals surface area contributed by atoms with E-state index < -0.39 is 0 Å². The Morgan fingerprint density at radius 1 is 1.60 bits per heavy atom. The van der Waals surface area contributed by atoms with E-state index in [1.165, 1.54) is 11.3 Å². The van der Waals surface area contributed by atoms with E-state index in [1.807, 2.05) is 11.4 Å². The van der Waals surface area contributed by atoms with Gasteiger partial charge in [-0.2, -0.15) is 0 Å². The quantitative estimate of drug-likeness (QED) is 0.323. The van der Waals surface area contributed by atoms with Crippen LogP contribution in [0, 0.1) is 0 Å². The zero-order valence-electron chi connectivity index (χ0n) is 8.49. The third kappa shape index (κ3) is 3.60. The van der Waals surface area contributed by atoms with E-state index in [-0.39, 0.29) is 5.91 Å². The highest BCUT2D eigenvalue weighted by atomic mass is 32.1. The Balaban J connectivity index is 2.46. The van der Waals surface area contributed by atoms with Crippen molar-refractivity contribution in [1.29, 1.82) is 0 Å². The number of rotatable bonds is 6. The average molecular weight is 230 g/mol. The second kappa shape index (κ2) is 6.52. The summed E-state index contributed by atoms with van der Waals surface area (Å²) in [5, 5.41) is 1.83. The van der Waals surface area contributed by atoms with E-state index in [9.17, 15) is 4.79 Å². The molecule has 15 heavy (non-hydrogen) atoms. The van der Waals surface area contributed by atoms with Gasteiger partial charge in [0, 0.05) is 12.7 Å². The van der Waals surface area contributed by atoms with Gasteiger partial charge in [0.2, 0.25) is 0 Å². The summed E-state index contributed by atoms with van der Waals surface area (Å²) in [6, 6.07) is 1.85. The smallest absolute Gasteiger partial charge is 0.275 e.